The van der Waals surface area contributed by atoms with Gasteiger partial charge in [0, 0.05) is 0 Å². The standard InChI is InChI=1S/C43H87NO4/c1-3-5-7-9-11-13-14-15-16-17-18-19-20-21-22-23-24-25-26-27-28-29-31-33-35-37-42(47)41(39-45)44-43(48)38-40(46)36-34-32-30-12-10-8-6-4-2/h40-42,45-47H,3-39H2,1-2H3,(H,44,48). The Kier molecular flexibility index (Phi) is 38.6. The number of hydrogen-bond acceptors (Lipinski definition) is 4. The number of rotatable bonds is 40. The van der Waals surface area contributed by atoms with Gasteiger partial charge in [-0.3, -0.25) is 4.79 Å². The minimum absolute atomic E-state index is 0.0409. The van der Waals surface area contributed by atoms with Crippen LogP contribution in [-0.2, 0) is 4.79 Å². The van der Waals surface area contributed by atoms with E-state index >= 15 is 0 Å². The molecule has 0 radical (unpaired) electrons. The Morgan fingerprint density at radius 2 is 0.708 bits per heavy atom. The summed E-state index contributed by atoms with van der Waals surface area (Å²) in [6.07, 6.45) is 43.8. The van der Waals surface area contributed by atoms with E-state index in [0.717, 1.165) is 25.7 Å². The first-order valence-electron chi connectivity index (χ1n) is 21.8. The molecule has 5 nitrogen and oxygen atoms in total. The van der Waals surface area contributed by atoms with Crippen LogP contribution in [0.1, 0.15) is 245 Å². The van der Waals surface area contributed by atoms with E-state index in [4.69, 9.17) is 0 Å². The molecule has 288 valence electrons. The Bertz CT molecular complexity index is 630. The molecule has 1 amide bonds. The highest BCUT2D eigenvalue weighted by molar-refractivity contribution is 5.76. The second-order valence-electron chi connectivity index (χ2n) is 15.3. The Morgan fingerprint density at radius 1 is 0.438 bits per heavy atom. The minimum Gasteiger partial charge on any atom is -0.394 e. The molecule has 0 aromatic rings. The maximum Gasteiger partial charge on any atom is 0.222 e. The molecular weight excluding hydrogens is 594 g/mol. The summed E-state index contributed by atoms with van der Waals surface area (Å²) in [5.74, 6) is -0.282. The van der Waals surface area contributed by atoms with Crippen molar-refractivity contribution >= 4 is 5.91 Å². The van der Waals surface area contributed by atoms with Crippen molar-refractivity contribution in [2.24, 2.45) is 0 Å². The van der Waals surface area contributed by atoms with Gasteiger partial charge in [0.15, 0.2) is 0 Å². The van der Waals surface area contributed by atoms with Crippen molar-refractivity contribution in [1.82, 2.24) is 5.32 Å². The van der Waals surface area contributed by atoms with Gasteiger partial charge in [-0.15, -0.1) is 0 Å². The van der Waals surface area contributed by atoms with Crippen molar-refractivity contribution in [1.29, 1.82) is 0 Å². The van der Waals surface area contributed by atoms with E-state index in [2.05, 4.69) is 19.2 Å². The van der Waals surface area contributed by atoms with Crippen LogP contribution < -0.4 is 5.32 Å². The average Bonchev–Trinajstić information content (AvgIpc) is 3.08. The van der Waals surface area contributed by atoms with Crippen LogP contribution in [0.15, 0.2) is 0 Å². The van der Waals surface area contributed by atoms with E-state index < -0.39 is 18.2 Å². The molecule has 5 heteroatoms. The van der Waals surface area contributed by atoms with Crippen molar-refractivity contribution < 1.29 is 20.1 Å². The summed E-state index contributed by atoms with van der Waals surface area (Å²) in [5, 5.41) is 33.2. The molecule has 0 saturated heterocycles. The highest BCUT2D eigenvalue weighted by Crippen LogP contribution is 2.17. The third-order valence-corrected chi connectivity index (χ3v) is 10.4. The predicted octanol–water partition coefficient (Wildman–Crippen LogP) is 12.3. The molecule has 0 aliphatic carbocycles. The summed E-state index contributed by atoms with van der Waals surface area (Å²) in [4.78, 5) is 12.4. The van der Waals surface area contributed by atoms with Crippen LogP contribution in [0.3, 0.4) is 0 Å². The Labute approximate surface area is 300 Å². The molecular formula is C43H87NO4. The first-order chi connectivity index (χ1) is 23.5. The fraction of sp³-hybridized carbons (Fsp3) is 0.977. The molecule has 3 unspecified atom stereocenters. The molecule has 0 aliphatic heterocycles. The SMILES string of the molecule is CCCCCCCCCCCCCCCCCCCCCCCCCCCC(O)C(CO)NC(=O)CC(O)CCCCCCCCCC. The van der Waals surface area contributed by atoms with Crippen LogP contribution >= 0.6 is 0 Å². The zero-order valence-corrected chi connectivity index (χ0v) is 32.6. The summed E-state index contributed by atoms with van der Waals surface area (Å²) in [6, 6.07) is -0.651. The van der Waals surface area contributed by atoms with Crippen LogP contribution in [0.2, 0.25) is 0 Å². The molecule has 0 heterocycles. The summed E-state index contributed by atoms with van der Waals surface area (Å²) < 4.78 is 0. The van der Waals surface area contributed by atoms with Gasteiger partial charge in [0.05, 0.1) is 31.3 Å². The van der Waals surface area contributed by atoms with Gasteiger partial charge >= 0.3 is 0 Å². The summed E-state index contributed by atoms with van der Waals surface area (Å²) in [7, 11) is 0. The maximum atomic E-state index is 12.4. The van der Waals surface area contributed by atoms with Gasteiger partial charge in [-0.25, -0.2) is 0 Å². The molecule has 0 bridgehead atoms. The van der Waals surface area contributed by atoms with Gasteiger partial charge in [-0.1, -0.05) is 226 Å². The molecule has 3 atom stereocenters. The number of carbonyl (C=O) groups excluding carboxylic acids is 1. The lowest BCUT2D eigenvalue weighted by atomic mass is 10.0. The van der Waals surface area contributed by atoms with Crippen molar-refractivity contribution in [2.45, 2.75) is 263 Å². The summed E-state index contributed by atoms with van der Waals surface area (Å²) in [5.41, 5.74) is 0. The van der Waals surface area contributed by atoms with Crippen molar-refractivity contribution in [2.75, 3.05) is 6.61 Å². The lowest BCUT2D eigenvalue weighted by Gasteiger charge is -2.23. The van der Waals surface area contributed by atoms with Crippen molar-refractivity contribution in [3.8, 4) is 0 Å². The molecule has 0 saturated carbocycles. The topological polar surface area (TPSA) is 89.8 Å². The number of unbranched alkanes of at least 4 members (excludes halogenated alkanes) is 31. The quantitative estimate of drug-likeness (QED) is 0.0485. The third-order valence-electron chi connectivity index (χ3n) is 10.4. The summed E-state index contributed by atoms with van der Waals surface area (Å²) in [6.45, 7) is 4.24. The normalized spacial score (nSPS) is 13.5. The lowest BCUT2D eigenvalue weighted by Crippen LogP contribution is -2.46. The molecule has 0 aliphatic rings. The Balaban J connectivity index is 3.48. The number of carbonyl (C=O) groups is 1. The van der Waals surface area contributed by atoms with Crippen LogP contribution in [-0.4, -0.2) is 46.1 Å². The molecule has 0 spiro atoms. The molecule has 0 aromatic heterocycles. The molecule has 0 fully saturated rings. The third kappa shape index (κ3) is 35.2. The second-order valence-corrected chi connectivity index (χ2v) is 15.3. The highest BCUT2D eigenvalue weighted by atomic mass is 16.3. The van der Waals surface area contributed by atoms with E-state index in [1.165, 1.54) is 186 Å². The number of amides is 1. The maximum absolute atomic E-state index is 12.4. The van der Waals surface area contributed by atoms with Crippen LogP contribution in [0.4, 0.5) is 0 Å². The molecule has 0 rings (SSSR count). The number of aliphatic hydroxyl groups is 3. The van der Waals surface area contributed by atoms with Gasteiger partial charge in [0.25, 0.3) is 0 Å². The fourth-order valence-electron chi connectivity index (χ4n) is 7.05. The van der Waals surface area contributed by atoms with Gasteiger partial charge in [-0.05, 0) is 12.8 Å². The first kappa shape index (κ1) is 47.4. The van der Waals surface area contributed by atoms with E-state index in [1.807, 2.05) is 0 Å². The number of hydrogen-bond donors (Lipinski definition) is 4. The fourth-order valence-corrected chi connectivity index (χ4v) is 7.05. The van der Waals surface area contributed by atoms with E-state index in [-0.39, 0.29) is 18.9 Å². The van der Waals surface area contributed by atoms with Crippen LogP contribution in [0.25, 0.3) is 0 Å². The lowest BCUT2D eigenvalue weighted by molar-refractivity contribution is -0.125. The zero-order chi connectivity index (χ0) is 35.2. The van der Waals surface area contributed by atoms with Gasteiger partial charge < -0.3 is 20.6 Å². The second kappa shape index (κ2) is 39.1. The zero-order valence-electron chi connectivity index (χ0n) is 32.6. The van der Waals surface area contributed by atoms with E-state index in [0.29, 0.717) is 12.8 Å². The molecule has 0 aromatic carbocycles. The molecule has 4 N–H and O–H groups in total. The minimum atomic E-state index is -0.742. The van der Waals surface area contributed by atoms with Gasteiger partial charge in [0.2, 0.25) is 5.91 Å². The Hall–Kier alpha value is -0.650. The average molecular weight is 682 g/mol. The first-order valence-corrected chi connectivity index (χ1v) is 21.8. The highest BCUT2D eigenvalue weighted by Gasteiger charge is 2.21. The monoisotopic (exact) mass is 682 g/mol. The summed E-state index contributed by atoms with van der Waals surface area (Å²) >= 11 is 0. The van der Waals surface area contributed by atoms with Crippen molar-refractivity contribution in [3.05, 3.63) is 0 Å². The van der Waals surface area contributed by atoms with E-state index in [9.17, 15) is 20.1 Å². The van der Waals surface area contributed by atoms with Crippen LogP contribution in [0.5, 0.6) is 0 Å². The van der Waals surface area contributed by atoms with Gasteiger partial charge in [0.1, 0.15) is 0 Å². The van der Waals surface area contributed by atoms with E-state index in [1.54, 1.807) is 0 Å². The largest absolute Gasteiger partial charge is 0.394 e. The molecule has 48 heavy (non-hydrogen) atoms. The van der Waals surface area contributed by atoms with Gasteiger partial charge in [-0.2, -0.15) is 0 Å². The Morgan fingerprint density at radius 3 is 1.00 bits per heavy atom. The smallest absolute Gasteiger partial charge is 0.222 e. The number of nitrogens with one attached hydrogen (secondary N) is 1. The number of aliphatic hydroxyl groups excluding tert-OH is 3. The van der Waals surface area contributed by atoms with Crippen molar-refractivity contribution in [3.63, 3.8) is 0 Å². The predicted molar refractivity (Wildman–Crippen MR) is 209 cm³/mol. The van der Waals surface area contributed by atoms with Crippen LogP contribution in [0, 0.1) is 0 Å².